The van der Waals surface area contributed by atoms with Gasteiger partial charge < -0.3 is 5.11 Å². The van der Waals surface area contributed by atoms with Crippen LogP contribution in [0, 0.1) is 5.82 Å². The van der Waals surface area contributed by atoms with Crippen molar-refractivity contribution in [3.05, 3.63) is 34.6 Å². The molecular formula is C7H6ClFO4S. The molecule has 1 atom stereocenters. The molecule has 0 saturated carbocycles. The van der Waals surface area contributed by atoms with Crippen molar-refractivity contribution in [2.24, 2.45) is 0 Å². The van der Waals surface area contributed by atoms with Crippen molar-refractivity contribution in [3.8, 4) is 0 Å². The van der Waals surface area contributed by atoms with E-state index in [-0.39, 0.29) is 5.02 Å². The van der Waals surface area contributed by atoms with E-state index in [1.54, 1.807) is 0 Å². The maximum Gasteiger partial charge on any atom is 0.296 e. The Morgan fingerprint density at radius 1 is 1.43 bits per heavy atom. The average Bonchev–Trinajstić information content (AvgIpc) is 2.01. The molecule has 7 heteroatoms. The van der Waals surface area contributed by atoms with Crippen LogP contribution in [0.5, 0.6) is 0 Å². The van der Waals surface area contributed by atoms with Crippen molar-refractivity contribution >= 4 is 21.7 Å². The molecule has 78 valence electrons. The number of rotatable bonds is 2. The minimum absolute atomic E-state index is 0.0637. The molecule has 0 amide bonds. The first kappa shape index (κ1) is 11.4. The van der Waals surface area contributed by atoms with E-state index in [0.29, 0.717) is 0 Å². The minimum Gasteiger partial charge on any atom is -0.371 e. The summed E-state index contributed by atoms with van der Waals surface area (Å²) in [6, 6.07) is 3.02. The molecule has 0 aliphatic carbocycles. The second kappa shape index (κ2) is 3.82. The first-order valence-electron chi connectivity index (χ1n) is 3.41. The van der Waals surface area contributed by atoms with E-state index in [1.807, 2.05) is 0 Å². The van der Waals surface area contributed by atoms with Crippen LogP contribution in [0.1, 0.15) is 11.0 Å². The molecule has 1 aromatic carbocycles. The van der Waals surface area contributed by atoms with Gasteiger partial charge in [0.1, 0.15) is 5.82 Å². The highest BCUT2D eigenvalue weighted by Crippen LogP contribution is 2.23. The van der Waals surface area contributed by atoms with Crippen LogP contribution in [0.3, 0.4) is 0 Å². The van der Waals surface area contributed by atoms with Crippen LogP contribution in [-0.2, 0) is 10.1 Å². The summed E-state index contributed by atoms with van der Waals surface area (Å²) in [5, 5.41) is 9.07. The largest absolute Gasteiger partial charge is 0.371 e. The molecule has 1 unspecified atom stereocenters. The SMILES string of the molecule is O=S(=O)(O)C(O)c1ccc(Cl)cc1F. The van der Waals surface area contributed by atoms with Gasteiger partial charge >= 0.3 is 0 Å². The van der Waals surface area contributed by atoms with Crippen LogP contribution >= 0.6 is 11.6 Å². The van der Waals surface area contributed by atoms with Gasteiger partial charge in [0.25, 0.3) is 10.1 Å². The van der Waals surface area contributed by atoms with Crippen molar-refractivity contribution < 1.29 is 22.5 Å². The molecule has 0 bridgehead atoms. The topological polar surface area (TPSA) is 74.6 Å². The molecule has 0 aliphatic rings. The highest BCUT2D eigenvalue weighted by molar-refractivity contribution is 7.85. The number of aliphatic hydroxyl groups excluding tert-OH is 1. The number of hydrogen-bond acceptors (Lipinski definition) is 3. The molecule has 0 saturated heterocycles. The third kappa shape index (κ3) is 2.42. The van der Waals surface area contributed by atoms with Crippen LogP contribution in [-0.4, -0.2) is 18.1 Å². The third-order valence-corrected chi connectivity index (χ3v) is 2.56. The van der Waals surface area contributed by atoms with Crippen molar-refractivity contribution in [2.75, 3.05) is 0 Å². The van der Waals surface area contributed by atoms with E-state index < -0.39 is 26.9 Å². The Hall–Kier alpha value is -0.690. The first-order chi connectivity index (χ1) is 6.32. The maximum absolute atomic E-state index is 13.0. The molecule has 14 heavy (non-hydrogen) atoms. The zero-order valence-corrected chi connectivity index (χ0v) is 8.26. The summed E-state index contributed by atoms with van der Waals surface area (Å²) in [5.74, 6) is -0.998. The molecular weight excluding hydrogens is 235 g/mol. The van der Waals surface area contributed by atoms with Gasteiger partial charge in [0, 0.05) is 10.6 Å². The Morgan fingerprint density at radius 3 is 2.43 bits per heavy atom. The Kier molecular flexibility index (Phi) is 3.10. The number of hydrogen-bond donors (Lipinski definition) is 2. The lowest BCUT2D eigenvalue weighted by molar-refractivity contribution is 0.233. The fraction of sp³-hybridized carbons (Fsp3) is 0.143. The summed E-state index contributed by atoms with van der Waals surface area (Å²) in [6.45, 7) is 0. The first-order valence-corrected chi connectivity index (χ1v) is 5.30. The van der Waals surface area contributed by atoms with Crippen LogP contribution in [0.2, 0.25) is 5.02 Å². The van der Waals surface area contributed by atoms with E-state index in [1.165, 1.54) is 6.07 Å². The Balaban J connectivity index is 3.21. The zero-order valence-electron chi connectivity index (χ0n) is 6.68. The second-order valence-electron chi connectivity index (χ2n) is 2.53. The molecule has 0 spiro atoms. The van der Waals surface area contributed by atoms with Crippen LogP contribution in [0.4, 0.5) is 4.39 Å². The van der Waals surface area contributed by atoms with Gasteiger partial charge in [-0.1, -0.05) is 17.7 Å². The lowest BCUT2D eigenvalue weighted by Crippen LogP contribution is -2.12. The smallest absolute Gasteiger partial charge is 0.296 e. The van der Waals surface area contributed by atoms with E-state index in [0.717, 1.165) is 12.1 Å². The molecule has 1 aromatic rings. The van der Waals surface area contributed by atoms with E-state index >= 15 is 0 Å². The summed E-state index contributed by atoms with van der Waals surface area (Å²) in [4.78, 5) is 0. The number of halogens is 2. The normalized spacial score (nSPS) is 14.0. The van der Waals surface area contributed by atoms with Gasteiger partial charge in [-0.05, 0) is 12.1 Å². The minimum atomic E-state index is -4.72. The molecule has 0 heterocycles. The van der Waals surface area contributed by atoms with Gasteiger partial charge in [-0.3, -0.25) is 4.55 Å². The summed E-state index contributed by atoms with van der Waals surface area (Å²) in [5.41, 5.74) is -2.84. The van der Waals surface area contributed by atoms with E-state index in [4.69, 9.17) is 21.3 Å². The molecule has 0 aliphatic heterocycles. The standard InChI is InChI=1S/C7H6ClFO4S/c8-4-1-2-5(6(9)3-4)7(10)14(11,12)13/h1-3,7,10H,(H,11,12,13). The van der Waals surface area contributed by atoms with E-state index in [2.05, 4.69) is 0 Å². The van der Waals surface area contributed by atoms with Crippen LogP contribution in [0.25, 0.3) is 0 Å². The summed E-state index contributed by atoms with van der Waals surface area (Å²) in [6.07, 6.45) is 0. The van der Waals surface area contributed by atoms with Gasteiger partial charge in [0.2, 0.25) is 5.44 Å². The van der Waals surface area contributed by atoms with Gasteiger partial charge in [-0.25, -0.2) is 4.39 Å². The summed E-state index contributed by atoms with van der Waals surface area (Å²) in [7, 11) is -4.72. The fourth-order valence-corrected chi connectivity index (χ4v) is 1.53. The van der Waals surface area contributed by atoms with Gasteiger partial charge in [-0.15, -0.1) is 0 Å². The Morgan fingerprint density at radius 2 is 2.00 bits per heavy atom. The monoisotopic (exact) mass is 240 g/mol. The van der Waals surface area contributed by atoms with E-state index in [9.17, 15) is 12.8 Å². The fourth-order valence-electron chi connectivity index (χ4n) is 0.862. The number of aliphatic hydroxyl groups is 1. The second-order valence-corrected chi connectivity index (χ2v) is 4.45. The lowest BCUT2D eigenvalue weighted by Gasteiger charge is -2.08. The van der Waals surface area contributed by atoms with Gasteiger partial charge in [0.15, 0.2) is 0 Å². The number of benzene rings is 1. The zero-order chi connectivity index (χ0) is 10.9. The molecule has 0 aromatic heterocycles. The predicted octanol–water partition coefficient (Wildman–Crippen LogP) is 1.36. The van der Waals surface area contributed by atoms with Crippen LogP contribution in [0.15, 0.2) is 18.2 Å². The summed E-state index contributed by atoms with van der Waals surface area (Å²) >= 11 is 5.40. The van der Waals surface area contributed by atoms with Crippen molar-refractivity contribution in [1.82, 2.24) is 0 Å². The van der Waals surface area contributed by atoms with Crippen molar-refractivity contribution in [1.29, 1.82) is 0 Å². The van der Waals surface area contributed by atoms with Crippen molar-refractivity contribution in [3.63, 3.8) is 0 Å². The quantitative estimate of drug-likeness (QED) is 0.766. The Bertz CT molecular complexity index is 445. The molecule has 4 nitrogen and oxygen atoms in total. The molecule has 0 fully saturated rings. The predicted molar refractivity (Wildman–Crippen MR) is 47.9 cm³/mol. The van der Waals surface area contributed by atoms with Crippen LogP contribution < -0.4 is 0 Å². The third-order valence-electron chi connectivity index (χ3n) is 1.51. The maximum atomic E-state index is 13.0. The molecule has 2 N–H and O–H groups in total. The van der Waals surface area contributed by atoms with Gasteiger partial charge in [0.05, 0.1) is 0 Å². The molecule has 0 radical (unpaired) electrons. The van der Waals surface area contributed by atoms with Crippen molar-refractivity contribution in [2.45, 2.75) is 5.44 Å². The highest BCUT2D eigenvalue weighted by atomic mass is 35.5. The highest BCUT2D eigenvalue weighted by Gasteiger charge is 2.24. The lowest BCUT2D eigenvalue weighted by atomic mass is 10.2. The Labute approximate surface area is 84.7 Å². The summed E-state index contributed by atoms with van der Waals surface area (Å²) < 4.78 is 42.4. The average molecular weight is 241 g/mol. The molecule has 1 rings (SSSR count). The van der Waals surface area contributed by atoms with Gasteiger partial charge in [-0.2, -0.15) is 8.42 Å².